The van der Waals surface area contributed by atoms with E-state index in [-0.39, 0.29) is 0 Å². The Balaban J connectivity index is 2.12. The highest BCUT2D eigenvalue weighted by Crippen LogP contribution is 2.12. The smallest absolute Gasteiger partial charge is 0.323 e. The van der Waals surface area contributed by atoms with E-state index in [0.29, 0.717) is 0 Å². The predicted molar refractivity (Wildman–Crippen MR) is 31.6 cm³/mol. The van der Waals surface area contributed by atoms with Gasteiger partial charge in [-0.3, -0.25) is 0 Å². The lowest BCUT2D eigenvalue weighted by atomic mass is 10.4. The fourth-order valence-corrected chi connectivity index (χ4v) is 2.29. The molecule has 1 radical (unpaired) electrons. The maximum absolute atomic E-state index is 5.70. The van der Waals surface area contributed by atoms with E-state index in [0.717, 1.165) is 12.7 Å². The third-order valence-corrected chi connectivity index (χ3v) is 3.18. The molecule has 1 aliphatic heterocycles. The number of halogens is 1. The van der Waals surface area contributed by atoms with Crippen molar-refractivity contribution in [3.63, 3.8) is 0 Å². The maximum Gasteiger partial charge on any atom is 0.323 e. The van der Waals surface area contributed by atoms with Gasteiger partial charge >= 0.3 is 8.35 Å². The van der Waals surface area contributed by atoms with E-state index in [1.165, 1.54) is 12.8 Å². The van der Waals surface area contributed by atoms with Crippen LogP contribution >= 0.6 is 11.1 Å². The van der Waals surface area contributed by atoms with Crippen LogP contribution < -0.4 is 0 Å². The van der Waals surface area contributed by atoms with Crippen LogP contribution in [0.2, 0.25) is 6.04 Å². The van der Waals surface area contributed by atoms with Crippen molar-refractivity contribution in [2.75, 3.05) is 6.61 Å². The highest BCUT2D eigenvalue weighted by atomic mass is 35.6. The molecule has 1 fully saturated rings. The number of rotatable bonds is 0. The molecule has 1 aliphatic rings. The molecule has 0 amide bonds. The Bertz CT molecular complexity index is 53.7. The molecule has 1 heterocycles. The number of hydrogen-bond acceptors (Lipinski definition) is 1. The van der Waals surface area contributed by atoms with Gasteiger partial charge in [0.2, 0.25) is 0 Å². The Hall–Kier alpha value is 0.467. The Morgan fingerprint density at radius 1 is 1.43 bits per heavy atom. The Morgan fingerprint density at radius 3 is 2.57 bits per heavy atom. The van der Waals surface area contributed by atoms with E-state index < -0.39 is 8.35 Å². The van der Waals surface area contributed by atoms with Gasteiger partial charge in [-0.1, -0.05) is 6.42 Å². The summed E-state index contributed by atoms with van der Waals surface area (Å²) in [5.74, 6) is 0. The van der Waals surface area contributed by atoms with Crippen LogP contribution in [0, 0.1) is 0 Å². The van der Waals surface area contributed by atoms with Crippen molar-refractivity contribution >= 4 is 19.4 Å². The molecule has 1 saturated heterocycles. The summed E-state index contributed by atoms with van der Waals surface area (Å²) in [6.45, 7) is 0.901. The average Bonchev–Trinajstić information content (AvgIpc) is 1.69. The Morgan fingerprint density at radius 2 is 2.29 bits per heavy atom. The van der Waals surface area contributed by atoms with Crippen LogP contribution in [0.4, 0.5) is 0 Å². The molecule has 1 rings (SSSR count). The summed E-state index contributed by atoms with van der Waals surface area (Å²) in [5.41, 5.74) is 0. The van der Waals surface area contributed by atoms with Crippen molar-refractivity contribution in [2.24, 2.45) is 0 Å². The summed E-state index contributed by atoms with van der Waals surface area (Å²) in [5, 5.41) is 0. The van der Waals surface area contributed by atoms with Crippen molar-refractivity contribution in [3.8, 4) is 0 Å². The van der Waals surface area contributed by atoms with Crippen LogP contribution in [0.3, 0.4) is 0 Å². The Kier molecular flexibility index (Phi) is 2.16. The monoisotopic (exact) mass is 135 g/mol. The van der Waals surface area contributed by atoms with Crippen molar-refractivity contribution in [1.29, 1.82) is 0 Å². The lowest BCUT2D eigenvalue weighted by molar-refractivity contribution is 0.299. The SMILES string of the molecule is Cl[Si]1CCCCO1. The minimum atomic E-state index is -0.821. The molecule has 41 valence electrons. The Labute approximate surface area is 50.1 Å². The van der Waals surface area contributed by atoms with E-state index in [9.17, 15) is 0 Å². The first-order valence-electron chi connectivity index (χ1n) is 2.54. The van der Waals surface area contributed by atoms with Crippen LogP contribution in [0.25, 0.3) is 0 Å². The van der Waals surface area contributed by atoms with Gasteiger partial charge in [-0.15, -0.1) is 11.1 Å². The number of hydrogen-bond donors (Lipinski definition) is 0. The second-order valence-corrected chi connectivity index (χ2v) is 4.42. The first kappa shape index (κ1) is 5.60. The summed E-state index contributed by atoms with van der Waals surface area (Å²) < 4.78 is 5.15. The fourth-order valence-electron chi connectivity index (χ4n) is 0.621. The van der Waals surface area contributed by atoms with Gasteiger partial charge in [0.1, 0.15) is 0 Å². The second-order valence-electron chi connectivity index (χ2n) is 1.66. The highest BCUT2D eigenvalue weighted by Gasteiger charge is 2.12. The van der Waals surface area contributed by atoms with Crippen molar-refractivity contribution in [2.45, 2.75) is 18.9 Å². The molecule has 0 atom stereocenters. The summed E-state index contributed by atoms with van der Waals surface area (Å²) in [4.78, 5) is 0. The standard InChI is InChI=1S/C4H8ClOSi/c5-7-4-2-1-3-6-7/h1-4H2. The lowest BCUT2D eigenvalue weighted by Gasteiger charge is -2.12. The molecule has 0 saturated carbocycles. The molecule has 0 aromatic heterocycles. The van der Waals surface area contributed by atoms with E-state index in [2.05, 4.69) is 0 Å². The zero-order valence-electron chi connectivity index (χ0n) is 4.11. The largest absolute Gasteiger partial charge is 0.403 e. The van der Waals surface area contributed by atoms with E-state index >= 15 is 0 Å². The van der Waals surface area contributed by atoms with Crippen molar-refractivity contribution in [1.82, 2.24) is 0 Å². The van der Waals surface area contributed by atoms with Gasteiger partial charge in [-0.2, -0.15) is 0 Å². The van der Waals surface area contributed by atoms with Crippen molar-refractivity contribution < 1.29 is 4.43 Å². The van der Waals surface area contributed by atoms with Gasteiger partial charge in [0.15, 0.2) is 0 Å². The van der Waals surface area contributed by atoms with Gasteiger partial charge in [-0.25, -0.2) is 0 Å². The zero-order valence-corrected chi connectivity index (χ0v) is 5.87. The summed E-state index contributed by atoms with van der Waals surface area (Å²) in [6, 6.07) is 1.13. The van der Waals surface area contributed by atoms with Gasteiger partial charge in [0.25, 0.3) is 0 Å². The molecule has 0 N–H and O–H groups in total. The molecule has 0 bridgehead atoms. The topological polar surface area (TPSA) is 9.23 Å². The molecule has 1 nitrogen and oxygen atoms in total. The fraction of sp³-hybridized carbons (Fsp3) is 1.00. The molecule has 0 aliphatic carbocycles. The zero-order chi connectivity index (χ0) is 5.11. The summed E-state index contributed by atoms with van der Waals surface area (Å²) in [6.07, 6.45) is 2.48. The van der Waals surface area contributed by atoms with Gasteiger partial charge in [0.05, 0.1) is 0 Å². The normalized spacial score (nSPS) is 25.3. The second kappa shape index (κ2) is 2.70. The molecule has 7 heavy (non-hydrogen) atoms. The third-order valence-electron chi connectivity index (χ3n) is 1.03. The highest BCUT2D eigenvalue weighted by molar-refractivity contribution is 7.03. The third kappa shape index (κ3) is 1.80. The molecule has 0 unspecified atom stereocenters. The van der Waals surface area contributed by atoms with Crippen LogP contribution in [0.15, 0.2) is 0 Å². The molecule has 0 spiro atoms. The van der Waals surface area contributed by atoms with E-state index in [4.69, 9.17) is 15.5 Å². The minimum Gasteiger partial charge on any atom is -0.403 e. The van der Waals surface area contributed by atoms with Gasteiger partial charge in [-0.05, 0) is 12.5 Å². The van der Waals surface area contributed by atoms with Crippen molar-refractivity contribution in [3.05, 3.63) is 0 Å². The molecular formula is C4H8ClOSi. The average molecular weight is 136 g/mol. The summed E-state index contributed by atoms with van der Waals surface area (Å²) in [7, 11) is -0.821. The van der Waals surface area contributed by atoms with Crippen LogP contribution in [-0.4, -0.2) is 15.0 Å². The van der Waals surface area contributed by atoms with Gasteiger partial charge in [0, 0.05) is 6.61 Å². The van der Waals surface area contributed by atoms with Crippen LogP contribution in [-0.2, 0) is 4.43 Å². The molecular weight excluding hydrogens is 128 g/mol. The predicted octanol–water partition coefficient (Wildman–Crippen LogP) is 1.52. The first-order chi connectivity index (χ1) is 3.39. The van der Waals surface area contributed by atoms with Crippen LogP contribution in [0.1, 0.15) is 12.8 Å². The molecule has 0 aromatic carbocycles. The maximum atomic E-state index is 5.70. The molecule has 3 heteroatoms. The quantitative estimate of drug-likeness (QED) is 0.362. The molecule has 0 aromatic rings. The van der Waals surface area contributed by atoms with E-state index in [1.807, 2.05) is 0 Å². The van der Waals surface area contributed by atoms with Crippen LogP contribution in [0.5, 0.6) is 0 Å². The minimum absolute atomic E-state index is 0.821. The van der Waals surface area contributed by atoms with Gasteiger partial charge < -0.3 is 4.43 Å². The lowest BCUT2D eigenvalue weighted by Crippen LogP contribution is -2.16. The summed E-state index contributed by atoms with van der Waals surface area (Å²) >= 11 is 5.70. The first-order valence-corrected chi connectivity index (χ1v) is 5.16. The van der Waals surface area contributed by atoms with E-state index in [1.54, 1.807) is 0 Å².